The van der Waals surface area contributed by atoms with Crippen LogP contribution in [0.15, 0.2) is 211 Å². The first-order valence-electron chi connectivity index (χ1n) is 18.7. The predicted octanol–water partition coefficient (Wildman–Crippen LogP) is 10.0. The fourth-order valence-corrected chi connectivity index (χ4v) is 13.7. The third kappa shape index (κ3) is 14.4. The molecule has 0 aliphatic rings. The summed E-state index contributed by atoms with van der Waals surface area (Å²) in [5, 5.41) is 19.3. The van der Waals surface area contributed by atoms with E-state index in [4.69, 9.17) is 23.2 Å². The molecule has 0 amide bonds. The van der Waals surface area contributed by atoms with Gasteiger partial charge in [-0.1, -0.05) is 162 Å². The predicted molar refractivity (Wildman–Crippen MR) is 247 cm³/mol. The number of rotatable bonds is 13. The van der Waals surface area contributed by atoms with Gasteiger partial charge in [0.2, 0.25) is 0 Å². The average molecular weight is 1050 g/mol. The van der Waals surface area contributed by atoms with E-state index >= 15 is 0 Å². The summed E-state index contributed by atoms with van der Waals surface area (Å²) in [7, 11) is -5.52. The van der Waals surface area contributed by atoms with Crippen molar-refractivity contribution in [2.45, 2.75) is 24.0 Å². The number of sulfonamides is 1. The molecule has 7 aromatic carbocycles. The van der Waals surface area contributed by atoms with E-state index < -0.39 is 38.0 Å². The van der Waals surface area contributed by atoms with Crippen LogP contribution in [-0.4, -0.2) is 26.1 Å². The molecule has 4 nitrogen and oxygen atoms in total. The van der Waals surface area contributed by atoms with Crippen molar-refractivity contribution in [1.29, 1.82) is 0 Å². The van der Waals surface area contributed by atoms with Gasteiger partial charge in [0, 0.05) is 4.90 Å². The molecular weight excluding hydrogens is 999 g/mol. The third-order valence-electron chi connectivity index (χ3n) is 9.24. The Bertz CT molecular complexity index is 2110. The van der Waals surface area contributed by atoms with Crippen LogP contribution in [0.1, 0.15) is 28.8 Å². The summed E-state index contributed by atoms with van der Waals surface area (Å²) in [6, 6.07) is 67.5. The van der Waals surface area contributed by atoms with Gasteiger partial charge in [-0.05, 0) is 67.6 Å². The van der Waals surface area contributed by atoms with Gasteiger partial charge in [-0.3, -0.25) is 0 Å². The molecule has 0 heterocycles. The van der Waals surface area contributed by atoms with Crippen LogP contribution in [-0.2, 0) is 31.1 Å². The van der Waals surface area contributed by atoms with Crippen LogP contribution in [0.4, 0.5) is 0 Å². The summed E-state index contributed by atoms with van der Waals surface area (Å²) in [6.07, 6.45) is 1.20. The zero-order valence-electron chi connectivity index (χ0n) is 32.1. The second-order valence-corrected chi connectivity index (χ2v) is 20.8. The normalized spacial score (nSPS) is 11.9. The molecule has 0 aliphatic carbocycles. The molecule has 300 valence electrons. The fourth-order valence-electron chi connectivity index (χ4n) is 6.40. The molecule has 0 aromatic heterocycles. The third-order valence-corrected chi connectivity index (χ3v) is 16.7. The van der Waals surface area contributed by atoms with Crippen LogP contribution in [0.5, 0.6) is 0 Å². The minimum atomic E-state index is -3.95. The molecule has 0 N–H and O–H groups in total. The summed E-state index contributed by atoms with van der Waals surface area (Å²) in [5.41, 5.74) is 2.03. The van der Waals surface area contributed by atoms with Crippen molar-refractivity contribution >= 4 is 70.3 Å². The molecule has 10 heteroatoms. The summed E-state index contributed by atoms with van der Waals surface area (Å²) in [6.45, 7) is 1.88. The number of nitrogens with zero attached hydrogens (tertiary/aromatic N) is 1. The van der Waals surface area contributed by atoms with Gasteiger partial charge in [0.15, 0.2) is 0 Å². The van der Waals surface area contributed by atoms with Gasteiger partial charge in [0.25, 0.3) is 0 Å². The number of aryl methyl sites for hydroxylation is 1. The van der Waals surface area contributed by atoms with Crippen molar-refractivity contribution in [3.05, 3.63) is 228 Å². The van der Waals surface area contributed by atoms with Crippen molar-refractivity contribution < 1.29 is 34.6 Å². The maximum Gasteiger partial charge on any atom is 2.00 e. The molecule has 0 radical (unpaired) electrons. The molecule has 0 fully saturated rings. The zero-order valence-corrected chi connectivity index (χ0v) is 38.7. The number of hydrogen-bond acceptors (Lipinski definition) is 3. The number of hydrogen-bond donors (Lipinski definition) is 0. The Morgan fingerprint density at radius 1 is 0.500 bits per heavy atom. The molecule has 58 heavy (non-hydrogen) atoms. The Balaban J connectivity index is 0.000000237. The molecule has 0 bridgehead atoms. The minimum absolute atomic E-state index is 0. The Labute approximate surface area is 371 Å². The smallest absolute Gasteiger partial charge is 0.849 e. The first-order chi connectivity index (χ1) is 27.8. The van der Waals surface area contributed by atoms with E-state index in [9.17, 15) is 13.5 Å². The summed E-state index contributed by atoms with van der Waals surface area (Å²) >= 11 is 9.53. The molecule has 0 aliphatic heterocycles. The summed E-state index contributed by atoms with van der Waals surface area (Å²) in [5.74, 6) is 0. The first kappa shape index (κ1) is 47.2. The van der Waals surface area contributed by atoms with E-state index in [0.29, 0.717) is 11.1 Å². The van der Waals surface area contributed by atoms with Gasteiger partial charge >= 0.3 is 21.1 Å². The van der Waals surface area contributed by atoms with Gasteiger partial charge in [-0.15, -0.1) is 35.3 Å². The molecule has 0 saturated heterocycles. The van der Waals surface area contributed by atoms with Crippen LogP contribution in [0.2, 0.25) is 0 Å². The van der Waals surface area contributed by atoms with Crippen LogP contribution >= 0.6 is 39.0 Å². The van der Waals surface area contributed by atoms with Crippen molar-refractivity contribution in [2.75, 3.05) is 17.7 Å². The van der Waals surface area contributed by atoms with Gasteiger partial charge < -0.3 is 9.83 Å². The number of alkyl halides is 2. The largest absolute Gasteiger partial charge is 2.00 e. The first-order valence-corrected chi connectivity index (χ1v) is 24.6. The second-order valence-electron chi connectivity index (χ2n) is 13.1. The van der Waals surface area contributed by atoms with Crippen LogP contribution in [0.25, 0.3) is 4.72 Å². The fraction of sp³-hybridized carbons (Fsp3) is 0.125. The van der Waals surface area contributed by atoms with E-state index in [1.165, 1.54) is 45.7 Å². The van der Waals surface area contributed by atoms with Gasteiger partial charge in [-0.25, -0.2) is 8.42 Å². The number of halogens is 2. The summed E-state index contributed by atoms with van der Waals surface area (Å²) in [4.78, 5) is 0.0873. The summed E-state index contributed by atoms with van der Waals surface area (Å²) < 4.78 is 29.5. The second kappa shape index (κ2) is 25.2. The standard InChI is InChI=1S/C26H24P2.C21H19NO3S.CH2Cl2.Pt/c1-5-13-23(14-6-1)27(24-15-7-2-8-16-24)21-22-28(25-17-9-3-10-18-25)26-19-11-4-12-20-26;1-16-12-14-19(15-13-16)26(24,25)22-20(17-8-4-2-5-9-17)21(23)18-10-6-3-7-11-18;2-1-3;/h1-20H,21-22H2;2-15,20-21H,1H3;1H2;/q;-2;;+2/p+2/t;20-,21+;;/m.0../s1. The maximum absolute atomic E-state index is 13.0. The van der Waals surface area contributed by atoms with E-state index in [2.05, 4.69) is 126 Å². The molecule has 0 unspecified atom stereocenters. The van der Waals surface area contributed by atoms with Gasteiger partial charge in [0.1, 0.15) is 22.3 Å². The molecule has 0 saturated carbocycles. The number of benzene rings is 7. The van der Waals surface area contributed by atoms with E-state index in [1.807, 2.05) is 19.1 Å². The van der Waals surface area contributed by atoms with Crippen LogP contribution < -0.4 is 26.3 Å². The maximum atomic E-state index is 13.0. The molecule has 7 aromatic rings. The van der Waals surface area contributed by atoms with Gasteiger partial charge in [-0.2, -0.15) is 0 Å². The zero-order chi connectivity index (χ0) is 40.3. The Morgan fingerprint density at radius 2 is 0.793 bits per heavy atom. The molecule has 2 atom stereocenters. The SMILES string of the molecule is Cc1ccc(S(=O)(=O)[N-][C@@H](c2ccccc2)[C@H]([O-])c2ccccc2)cc1.ClCCl.[Pt+2].c1ccc([PH+](CC[PH+](c2ccccc2)c2ccccc2)c2ccccc2)cc1. The van der Waals surface area contributed by atoms with E-state index in [1.54, 1.807) is 60.7 Å². The molecular formula is C48H47Cl2NO3P2PtS+2. The van der Waals surface area contributed by atoms with Crippen LogP contribution in [0.3, 0.4) is 0 Å². The monoisotopic (exact) mass is 1040 g/mol. The Hall–Kier alpha value is -3.46. The van der Waals surface area contributed by atoms with Crippen molar-refractivity contribution in [3.63, 3.8) is 0 Å². The van der Waals surface area contributed by atoms with Gasteiger partial charge in [0.05, 0.1) is 42.4 Å². The van der Waals surface area contributed by atoms with Crippen molar-refractivity contribution in [2.24, 2.45) is 0 Å². The minimum Gasteiger partial charge on any atom is -0.849 e. The van der Waals surface area contributed by atoms with E-state index in [-0.39, 0.29) is 31.3 Å². The Kier molecular flexibility index (Phi) is 20.5. The van der Waals surface area contributed by atoms with Crippen molar-refractivity contribution in [3.8, 4) is 0 Å². The molecule has 7 rings (SSSR count). The molecule has 0 spiro atoms. The quantitative estimate of drug-likeness (QED) is 0.0854. The Morgan fingerprint density at radius 3 is 1.12 bits per heavy atom. The van der Waals surface area contributed by atoms with Crippen LogP contribution in [0, 0.1) is 6.92 Å². The van der Waals surface area contributed by atoms with Crippen molar-refractivity contribution in [1.82, 2.24) is 0 Å². The topological polar surface area (TPSA) is 71.3 Å². The average Bonchev–Trinajstić information content (AvgIpc) is 3.27. The van der Waals surface area contributed by atoms with E-state index in [0.717, 1.165) is 5.56 Å².